The number of ether oxygens (including phenoxy) is 3. The maximum absolute atomic E-state index is 11.2. The number of esters is 1. The fraction of sp³-hybridized carbons (Fsp3) is 0.875. The quantitative estimate of drug-likeness (QED) is 0.574. The van der Waals surface area contributed by atoms with Crippen molar-refractivity contribution in [2.24, 2.45) is 5.92 Å². The Kier molecular flexibility index (Phi) is 3.49. The molecule has 70 valence electrons. The summed E-state index contributed by atoms with van der Waals surface area (Å²) in [6.45, 7) is 4.74. The van der Waals surface area contributed by atoms with Gasteiger partial charge in [0.2, 0.25) is 0 Å². The molecule has 1 heterocycles. The molecule has 0 aromatic heterocycles. The average molecular weight is 174 g/mol. The largest absolute Gasteiger partial charge is 0.463 e. The maximum Gasteiger partial charge on any atom is 0.313 e. The first-order chi connectivity index (χ1) is 5.70. The Hall–Kier alpha value is -0.610. The topological polar surface area (TPSA) is 44.8 Å². The summed E-state index contributed by atoms with van der Waals surface area (Å²) in [4.78, 5) is 11.2. The van der Waals surface area contributed by atoms with Gasteiger partial charge in [-0.05, 0) is 13.8 Å². The summed E-state index contributed by atoms with van der Waals surface area (Å²) in [5, 5.41) is 0. The van der Waals surface area contributed by atoms with Crippen molar-refractivity contribution in [3.05, 3.63) is 0 Å². The third-order valence-electron chi connectivity index (χ3n) is 1.49. The molecule has 0 unspecified atom stereocenters. The molecular weight excluding hydrogens is 160 g/mol. The molecule has 1 aliphatic rings. The highest BCUT2D eigenvalue weighted by molar-refractivity contribution is 5.72. The standard InChI is InChI=1S/C8H14O4/c1-6(2)12-8(9)7-3-10-5-11-4-7/h6-7H,3-5H2,1-2H3. The van der Waals surface area contributed by atoms with Gasteiger partial charge < -0.3 is 14.2 Å². The van der Waals surface area contributed by atoms with Gasteiger partial charge in [-0.3, -0.25) is 4.79 Å². The molecule has 4 nitrogen and oxygen atoms in total. The second kappa shape index (κ2) is 4.42. The molecular formula is C8H14O4. The molecule has 0 saturated carbocycles. The molecule has 0 spiro atoms. The number of hydrogen-bond acceptors (Lipinski definition) is 4. The summed E-state index contributed by atoms with van der Waals surface area (Å²) < 4.78 is 14.9. The summed E-state index contributed by atoms with van der Waals surface area (Å²) >= 11 is 0. The van der Waals surface area contributed by atoms with Gasteiger partial charge in [0.1, 0.15) is 12.7 Å². The molecule has 0 bridgehead atoms. The summed E-state index contributed by atoms with van der Waals surface area (Å²) in [6.07, 6.45) is -0.0700. The molecule has 0 amide bonds. The van der Waals surface area contributed by atoms with E-state index in [2.05, 4.69) is 0 Å². The highest BCUT2D eigenvalue weighted by Crippen LogP contribution is 2.08. The Morgan fingerprint density at radius 1 is 1.42 bits per heavy atom. The van der Waals surface area contributed by atoms with Crippen molar-refractivity contribution in [1.29, 1.82) is 0 Å². The summed E-state index contributed by atoms with van der Waals surface area (Å²) in [6, 6.07) is 0. The lowest BCUT2D eigenvalue weighted by Gasteiger charge is -2.21. The van der Waals surface area contributed by atoms with Crippen molar-refractivity contribution in [2.45, 2.75) is 20.0 Å². The number of carbonyl (C=O) groups is 1. The Morgan fingerprint density at radius 2 is 2.00 bits per heavy atom. The van der Waals surface area contributed by atoms with E-state index >= 15 is 0 Å². The van der Waals surface area contributed by atoms with E-state index < -0.39 is 0 Å². The Labute approximate surface area is 71.8 Å². The van der Waals surface area contributed by atoms with E-state index in [9.17, 15) is 4.79 Å². The molecule has 0 aromatic rings. The predicted octanol–water partition coefficient (Wildman–Crippen LogP) is 0.558. The molecule has 12 heavy (non-hydrogen) atoms. The van der Waals surface area contributed by atoms with Crippen molar-refractivity contribution in [2.75, 3.05) is 20.0 Å². The van der Waals surface area contributed by atoms with Crippen molar-refractivity contribution in [3.8, 4) is 0 Å². The Balaban J connectivity index is 2.30. The van der Waals surface area contributed by atoms with Crippen LogP contribution in [0.1, 0.15) is 13.8 Å². The lowest BCUT2D eigenvalue weighted by molar-refractivity contribution is -0.174. The molecule has 0 aromatic carbocycles. The van der Waals surface area contributed by atoms with Crippen LogP contribution in [-0.4, -0.2) is 32.1 Å². The van der Waals surface area contributed by atoms with Gasteiger partial charge >= 0.3 is 5.97 Å². The Morgan fingerprint density at radius 3 is 2.50 bits per heavy atom. The first kappa shape index (κ1) is 9.48. The van der Waals surface area contributed by atoms with Crippen LogP contribution in [0.25, 0.3) is 0 Å². The van der Waals surface area contributed by atoms with Crippen LogP contribution in [0.3, 0.4) is 0 Å². The molecule has 0 N–H and O–H groups in total. The van der Waals surface area contributed by atoms with Crippen molar-refractivity contribution >= 4 is 5.97 Å². The number of hydrogen-bond donors (Lipinski definition) is 0. The minimum absolute atomic E-state index is 0.0700. The van der Waals surface area contributed by atoms with E-state index in [-0.39, 0.29) is 24.8 Å². The normalized spacial score (nSPS) is 19.6. The molecule has 0 atom stereocenters. The van der Waals surface area contributed by atoms with Gasteiger partial charge in [0, 0.05) is 0 Å². The highest BCUT2D eigenvalue weighted by atomic mass is 16.7. The van der Waals surface area contributed by atoms with Gasteiger partial charge in [0.15, 0.2) is 0 Å². The van der Waals surface area contributed by atoms with Crippen LogP contribution in [0, 0.1) is 5.92 Å². The zero-order valence-corrected chi connectivity index (χ0v) is 7.41. The van der Waals surface area contributed by atoms with Crippen LogP contribution >= 0.6 is 0 Å². The smallest absolute Gasteiger partial charge is 0.313 e. The zero-order chi connectivity index (χ0) is 8.97. The highest BCUT2D eigenvalue weighted by Gasteiger charge is 2.24. The SMILES string of the molecule is CC(C)OC(=O)C1COCOC1. The van der Waals surface area contributed by atoms with E-state index in [0.29, 0.717) is 13.2 Å². The van der Waals surface area contributed by atoms with Crippen molar-refractivity contribution < 1.29 is 19.0 Å². The zero-order valence-electron chi connectivity index (χ0n) is 7.41. The van der Waals surface area contributed by atoms with Crippen LogP contribution in [0.4, 0.5) is 0 Å². The van der Waals surface area contributed by atoms with Crippen LogP contribution in [0.5, 0.6) is 0 Å². The number of carbonyl (C=O) groups excluding carboxylic acids is 1. The third kappa shape index (κ3) is 2.79. The molecule has 1 rings (SSSR count). The molecule has 0 aliphatic carbocycles. The van der Waals surface area contributed by atoms with Gasteiger partial charge in [-0.25, -0.2) is 0 Å². The molecule has 1 aliphatic heterocycles. The van der Waals surface area contributed by atoms with E-state index in [1.165, 1.54) is 0 Å². The van der Waals surface area contributed by atoms with E-state index in [4.69, 9.17) is 14.2 Å². The van der Waals surface area contributed by atoms with Crippen LogP contribution in [0.15, 0.2) is 0 Å². The fourth-order valence-corrected chi connectivity index (χ4v) is 0.952. The fourth-order valence-electron chi connectivity index (χ4n) is 0.952. The minimum Gasteiger partial charge on any atom is -0.463 e. The third-order valence-corrected chi connectivity index (χ3v) is 1.49. The minimum atomic E-state index is -0.249. The molecule has 1 fully saturated rings. The molecule has 4 heteroatoms. The average Bonchev–Trinajstić information content (AvgIpc) is 2.05. The summed E-state index contributed by atoms with van der Waals surface area (Å²) in [7, 11) is 0. The van der Waals surface area contributed by atoms with E-state index in [1.807, 2.05) is 13.8 Å². The first-order valence-corrected chi connectivity index (χ1v) is 4.06. The van der Waals surface area contributed by atoms with Crippen LogP contribution in [0.2, 0.25) is 0 Å². The van der Waals surface area contributed by atoms with E-state index in [0.717, 1.165) is 0 Å². The molecule has 0 radical (unpaired) electrons. The van der Waals surface area contributed by atoms with Crippen molar-refractivity contribution in [1.82, 2.24) is 0 Å². The van der Waals surface area contributed by atoms with Gasteiger partial charge in [0.25, 0.3) is 0 Å². The van der Waals surface area contributed by atoms with Crippen LogP contribution in [-0.2, 0) is 19.0 Å². The summed E-state index contributed by atoms with van der Waals surface area (Å²) in [5.41, 5.74) is 0. The van der Waals surface area contributed by atoms with Gasteiger partial charge in [0.05, 0.1) is 19.3 Å². The van der Waals surface area contributed by atoms with Crippen LogP contribution < -0.4 is 0 Å². The summed E-state index contributed by atoms with van der Waals surface area (Å²) in [5.74, 6) is -0.481. The monoisotopic (exact) mass is 174 g/mol. The van der Waals surface area contributed by atoms with Gasteiger partial charge in [-0.1, -0.05) is 0 Å². The molecule has 1 saturated heterocycles. The van der Waals surface area contributed by atoms with Gasteiger partial charge in [-0.15, -0.1) is 0 Å². The van der Waals surface area contributed by atoms with Gasteiger partial charge in [-0.2, -0.15) is 0 Å². The second-order valence-corrected chi connectivity index (χ2v) is 3.04. The lowest BCUT2D eigenvalue weighted by Crippen LogP contribution is -2.33. The maximum atomic E-state index is 11.2. The lowest BCUT2D eigenvalue weighted by atomic mass is 10.2. The number of rotatable bonds is 2. The predicted molar refractivity (Wildman–Crippen MR) is 41.5 cm³/mol. The van der Waals surface area contributed by atoms with Crippen molar-refractivity contribution in [3.63, 3.8) is 0 Å². The van der Waals surface area contributed by atoms with E-state index in [1.54, 1.807) is 0 Å². The second-order valence-electron chi connectivity index (χ2n) is 3.04. The Bertz CT molecular complexity index is 149. The first-order valence-electron chi connectivity index (χ1n) is 4.06.